The van der Waals surface area contributed by atoms with Gasteiger partial charge < -0.3 is 5.73 Å². The predicted octanol–water partition coefficient (Wildman–Crippen LogP) is 0.955. The van der Waals surface area contributed by atoms with Crippen LogP contribution in [-0.4, -0.2) is 15.8 Å². The molecular formula is C7H12N4O. The molecular weight excluding hydrogens is 156 g/mol. The molecule has 0 spiro atoms. The molecule has 0 aromatic carbocycles. The lowest BCUT2D eigenvalue weighted by molar-refractivity contribution is 0.259. The Morgan fingerprint density at radius 3 is 2.83 bits per heavy atom. The van der Waals surface area contributed by atoms with E-state index in [0.29, 0.717) is 5.82 Å². The van der Waals surface area contributed by atoms with Crippen molar-refractivity contribution in [1.82, 2.24) is 9.78 Å². The summed E-state index contributed by atoms with van der Waals surface area (Å²) in [5.41, 5.74) is 4.91. The van der Waals surface area contributed by atoms with Crippen LogP contribution in [0.1, 0.15) is 19.9 Å². The van der Waals surface area contributed by atoms with E-state index in [2.05, 4.69) is 10.4 Å². The van der Waals surface area contributed by atoms with Crippen LogP contribution in [0.15, 0.2) is 12.3 Å². The van der Waals surface area contributed by atoms with Crippen LogP contribution in [0, 0.1) is 0 Å². The van der Waals surface area contributed by atoms with Gasteiger partial charge in [-0.1, -0.05) is 0 Å². The molecule has 0 bridgehead atoms. The van der Waals surface area contributed by atoms with Crippen LogP contribution in [0.4, 0.5) is 10.6 Å². The summed E-state index contributed by atoms with van der Waals surface area (Å²) in [7, 11) is 0. The normalized spacial score (nSPS) is 10.2. The molecule has 0 saturated heterocycles. The maximum Gasteiger partial charge on any atom is 0.317 e. The molecule has 12 heavy (non-hydrogen) atoms. The van der Waals surface area contributed by atoms with E-state index < -0.39 is 6.03 Å². The van der Waals surface area contributed by atoms with Gasteiger partial charge in [0.2, 0.25) is 0 Å². The van der Waals surface area contributed by atoms with E-state index in [4.69, 9.17) is 5.73 Å². The zero-order valence-electron chi connectivity index (χ0n) is 7.11. The van der Waals surface area contributed by atoms with Crippen LogP contribution in [0.3, 0.4) is 0 Å². The fourth-order valence-electron chi connectivity index (χ4n) is 0.819. The van der Waals surface area contributed by atoms with Crippen molar-refractivity contribution in [3.05, 3.63) is 12.3 Å². The molecule has 5 heteroatoms. The first-order chi connectivity index (χ1) is 5.59. The molecule has 0 fully saturated rings. The minimum atomic E-state index is -0.594. The highest BCUT2D eigenvalue weighted by Gasteiger charge is 2.02. The Kier molecular flexibility index (Phi) is 2.32. The highest BCUT2D eigenvalue weighted by molar-refractivity contribution is 5.86. The maximum absolute atomic E-state index is 10.4. The van der Waals surface area contributed by atoms with E-state index in [1.54, 1.807) is 16.9 Å². The number of primary amides is 1. The number of carbonyl (C=O) groups excluding carboxylic acids is 1. The zero-order chi connectivity index (χ0) is 9.14. The van der Waals surface area contributed by atoms with Crippen molar-refractivity contribution in [2.24, 2.45) is 5.73 Å². The summed E-state index contributed by atoms with van der Waals surface area (Å²) in [4.78, 5) is 10.4. The molecule has 3 N–H and O–H groups in total. The van der Waals surface area contributed by atoms with Gasteiger partial charge >= 0.3 is 6.03 Å². The molecule has 0 saturated carbocycles. The topological polar surface area (TPSA) is 72.9 Å². The third-order valence-electron chi connectivity index (χ3n) is 1.39. The Bertz CT molecular complexity index is 279. The smallest absolute Gasteiger partial charge is 0.317 e. The number of anilines is 1. The second-order valence-electron chi connectivity index (χ2n) is 2.76. The van der Waals surface area contributed by atoms with Crippen molar-refractivity contribution in [2.75, 3.05) is 5.32 Å². The van der Waals surface area contributed by atoms with Crippen molar-refractivity contribution in [2.45, 2.75) is 19.9 Å². The number of nitrogens with one attached hydrogen (secondary N) is 1. The highest BCUT2D eigenvalue weighted by Crippen LogP contribution is 2.07. The van der Waals surface area contributed by atoms with Gasteiger partial charge in [0.25, 0.3) is 0 Å². The van der Waals surface area contributed by atoms with Gasteiger partial charge in [0.15, 0.2) is 5.82 Å². The van der Waals surface area contributed by atoms with Gasteiger partial charge in [0, 0.05) is 18.3 Å². The molecule has 5 nitrogen and oxygen atoms in total. The number of nitrogens with two attached hydrogens (primary N) is 1. The largest absolute Gasteiger partial charge is 0.351 e. The summed E-state index contributed by atoms with van der Waals surface area (Å²) < 4.78 is 1.74. The van der Waals surface area contributed by atoms with E-state index in [9.17, 15) is 4.79 Å². The monoisotopic (exact) mass is 168 g/mol. The Hall–Kier alpha value is -1.52. The van der Waals surface area contributed by atoms with Crippen LogP contribution >= 0.6 is 0 Å². The SMILES string of the molecule is CC(C)n1ccc(NC(N)=O)n1. The maximum atomic E-state index is 10.4. The van der Waals surface area contributed by atoms with Crippen LogP contribution in [0.25, 0.3) is 0 Å². The van der Waals surface area contributed by atoms with Gasteiger partial charge in [-0.05, 0) is 13.8 Å². The van der Waals surface area contributed by atoms with Gasteiger partial charge in [-0.3, -0.25) is 10.00 Å². The lowest BCUT2D eigenvalue weighted by atomic mass is 10.4. The van der Waals surface area contributed by atoms with Crippen molar-refractivity contribution in [3.63, 3.8) is 0 Å². The minimum Gasteiger partial charge on any atom is -0.351 e. The summed E-state index contributed by atoms with van der Waals surface area (Å²) in [6, 6.07) is 1.39. The molecule has 0 atom stereocenters. The van der Waals surface area contributed by atoms with Crippen LogP contribution < -0.4 is 11.1 Å². The standard InChI is InChI=1S/C7H12N4O/c1-5(2)11-4-3-6(10-11)9-7(8)12/h3-5H,1-2H3,(H3,8,9,10,12). The zero-order valence-corrected chi connectivity index (χ0v) is 7.11. The Morgan fingerprint density at radius 1 is 1.75 bits per heavy atom. The first kappa shape index (κ1) is 8.58. The second kappa shape index (κ2) is 3.25. The highest BCUT2D eigenvalue weighted by atomic mass is 16.2. The summed E-state index contributed by atoms with van der Waals surface area (Å²) in [6.45, 7) is 4.00. The molecule has 0 unspecified atom stereocenters. The molecule has 66 valence electrons. The molecule has 0 aliphatic heterocycles. The van der Waals surface area contributed by atoms with Crippen molar-refractivity contribution in [3.8, 4) is 0 Å². The van der Waals surface area contributed by atoms with E-state index in [1.807, 2.05) is 13.8 Å². The molecule has 1 aromatic heterocycles. The molecule has 2 amide bonds. The van der Waals surface area contributed by atoms with Gasteiger partial charge in [-0.25, -0.2) is 4.79 Å². The summed E-state index contributed by atoms with van der Waals surface area (Å²) >= 11 is 0. The van der Waals surface area contributed by atoms with Crippen LogP contribution in [-0.2, 0) is 0 Å². The van der Waals surface area contributed by atoms with E-state index in [1.165, 1.54) is 0 Å². The number of nitrogens with zero attached hydrogens (tertiary/aromatic N) is 2. The summed E-state index contributed by atoms with van der Waals surface area (Å²) in [5.74, 6) is 0.483. The molecule has 0 aliphatic rings. The van der Waals surface area contributed by atoms with Crippen molar-refractivity contribution >= 4 is 11.8 Å². The van der Waals surface area contributed by atoms with E-state index in [-0.39, 0.29) is 6.04 Å². The fraction of sp³-hybridized carbons (Fsp3) is 0.429. The number of hydrogen-bond donors (Lipinski definition) is 2. The number of hydrogen-bond acceptors (Lipinski definition) is 2. The molecule has 1 rings (SSSR count). The Labute approximate surface area is 70.5 Å². The summed E-state index contributed by atoms with van der Waals surface area (Å²) in [5, 5.41) is 6.44. The van der Waals surface area contributed by atoms with Gasteiger partial charge in [-0.15, -0.1) is 0 Å². The average Bonchev–Trinajstić information content (AvgIpc) is 2.34. The van der Waals surface area contributed by atoms with Crippen molar-refractivity contribution < 1.29 is 4.79 Å². The fourth-order valence-corrected chi connectivity index (χ4v) is 0.819. The Balaban J connectivity index is 2.70. The van der Waals surface area contributed by atoms with Gasteiger partial charge in [0.05, 0.1) is 0 Å². The lowest BCUT2D eigenvalue weighted by Gasteiger charge is -2.03. The first-order valence-corrected chi connectivity index (χ1v) is 3.71. The van der Waals surface area contributed by atoms with E-state index >= 15 is 0 Å². The summed E-state index contributed by atoms with van der Waals surface area (Å²) in [6.07, 6.45) is 1.79. The number of urea groups is 1. The van der Waals surface area contributed by atoms with Crippen LogP contribution in [0.5, 0.6) is 0 Å². The number of carbonyl (C=O) groups is 1. The number of aromatic nitrogens is 2. The average molecular weight is 168 g/mol. The molecule has 1 aromatic rings. The van der Waals surface area contributed by atoms with Gasteiger partial charge in [0.1, 0.15) is 0 Å². The second-order valence-corrected chi connectivity index (χ2v) is 2.76. The Morgan fingerprint density at radius 2 is 2.42 bits per heavy atom. The third-order valence-corrected chi connectivity index (χ3v) is 1.39. The number of rotatable bonds is 2. The number of amides is 2. The van der Waals surface area contributed by atoms with Gasteiger partial charge in [-0.2, -0.15) is 5.10 Å². The molecule has 0 radical (unpaired) electrons. The third kappa shape index (κ3) is 1.98. The lowest BCUT2D eigenvalue weighted by Crippen LogP contribution is -2.19. The predicted molar refractivity (Wildman–Crippen MR) is 45.8 cm³/mol. The quantitative estimate of drug-likeness (QED) is 0.690. The molecule has 0 aliphatic carbocycles. The first-order valence-electron chi connectivity index (χ1n) is 3.71. The van der Waals surface area contributed by atoms with Crippen LogP contribution in [0.2, 0.25) is 0 Å². The van der Waals surface area contributed by atoms with Crippen molar-refractivity contribution in [1.29, 1.82) is 0 Å². The minimum absolute atomic E-state index is 0.286. The molecule has 1 heterocycles. The van der Waals surface area contributed by atoms with E-state index in [0.717, 1.165) is 0 Å².